The van der Waals surface area contributed by atoms with Gasteiger partial charge >= 0.3 is 0 Å². The fourth-order valence-corrected chi connectivity index (χ4v) is 6.87. The van der Waals surface area contributed by atoms with Gasteiger partial charge in [-0.1, -0.05) is 0 Å². The summed E-state index contributed by atoms with van der Waals surface area (Å²) in [5, 5.41) is 13.3. The van der Waals surface area contributed by atoms with E-state index in [2.05, 4.69) is 20.0 Å². The highest BCUT2D eigenvalue weighted by Crippen LogP contribution is 2.33. The third-order valence-electron chi connectivity index (χ3n) is 9.43. The van der Waals surface area contributed by atoms with Gasteiger partial charge < -0.3 is 15.5 Å². The molecule has 0 radical (unpaired) electrons. The average Bonchev–Trinajstić information content (AvgIpc) is 3.26. The number of nitrogen functional groups attached to an aromatic ring is 1. The normalized spacial score (nSPS) is 21.5. The summed E-state index contributed by atoms with van der Waals surface area (Å²) in [4.78, 5) is 68.6. The molecule has 1 unspecified atom stereocenters. The maximum Gasteiger partial charge on any atom is 0.292 e. The standard InChI is InChI=1S/C31H37N7O6/c32-25-19-22(4-6-26(25)38(43)44)36-16-14-34(15-17-36)11-1-2-20-9-12-35(13-10-20)21-3-5-23-24(18-21)31(42)37(30(23)41)27-7-8-28(39)33-29(27)40/h3-6,18-20,27H,1-2,7-17,32H2,(H,33,39,40). The first-order valence-electron chi connectivity index (χ1n) is 15.3. The molecule has 3 saturated heterocycles. The van der Waals surface area contributed by atoms with E-state index in [0.717, 1.165) is 87.8 Å². The second-order valence-corrected chi connectivity index (χ2v) is 12.1. The van der Waals surface area contributed by atoms with Crippen molar-refractivity contribution in [3.63, 3.8) is 0 Å². The predicted octanol–water partition coefficient (Wildman–Crippen LogP) is 2.40. The fraction of sp³-hybridized carbons (Fsp3) is 0.484. The summed E-state index contributed by atoms with van der Waals surface area (Å²) in [6.07, 6.45) is 4.64. The lowest BCUT2D eigenvalue weighted by molar-refractivity contribution is -0.383. The summed E-state index contributed by atoms with van der Waals surface area (Å²) >= 11 is 0. The number of amides is 4. The largest absolute Gasteiger partial charge is 0.393 e. The van der Waals surface area contributed by atoms with Crippen LogP contribution in [0.2, 0.25) is 0 Å². The van der Waals surface area contributed by atoms with Gasteiger partial charge in [-0.25, -0.2) is 0 Å². The van der Waals surface area contributed by atoms with Crippen LogP contribution >= 0.6 is 0 Å². The smallest absolute Gasteiger partial charge is 0.292 e. The number of rotatable bonds is 8. The third-order valence-corrected chi connectivity index (χ3v) is 9.43. The lowest BCUT2D eigenvalue weighted by Crippen LogP contribution is -2.54. The van der Waals surface area contributed by atoms with Crippen molar-refractivity contribution in [1.29, 1.82) is 0 Å². The Balaban J connectivity index is 0.948. The number of nitro benzene ring substituents is 1. The lowest BCUT2D eigenvalue weighted by Gasteiger charge is -2.37. The number of carbonyl (C=O) groups excluding carboxylic acids is 4. The first-order valence-corrected chi connectivity index (χ1v) is 15.3. The van der Waals surface area contributed by atoms with Gasteiger partial charge in [0.05, 0.1) is 16.1 Å². The van der Waals surface area contributed by atoms with E-state index in [-0.39, 0.29) is 30.1 Å². The Kier molecular flexibility index (Phi) is 8.21. The van der Waals surface area contributed by atoms with Gasteiger partial charge in [-0.2, -0.15) is 0 Å². The molecule has 3 N–H and O–H groups in total. The van der Waals surface area contributed by atoms with Crippen LogP contribution in [0.3, 0.4) is 0 Å². The molecule has 4 aliphatic heterocycles. The van der Waals surface area contributed by atoms with Crippen LogP contribution in [0.4, 0.5) is 22.7 Å². The first kappa shape index (κ1) is 29.5. The zero-order chi connectivity index (χ0) is 31.0. The zero-order valence-electron chi connectivity index (χ0n) is 24.6. The Labute approximate surface area is 255 Å². The number of nitrogens with two attached hydrogens (primary N) is 1. The highest BCUT2D eigenvalue weighted by Gasteiger charge is 2.44. The summed E-state index contributed by atoms with van der Waals surface area (Å²) in [6, 6.07) is 9.31. The van der Waals surface area contributed by atoms with Gasteiger partial charge in [0, 0.05) is 63.1 Å². The number of hydrogen-bond donors (Lipinski definition) is 2. The summed E-state index contributed by atoms with van der Waals surface area (Å²) in [5.41, 5.74) is 8.45. The molecule has 0 aromatic heterocycles. The summed E-state index contributed by atoms with van der Waals surface area (Å²) in [6.45, 7) is 6.39. The van der Waals surface area contributed by atoms with Crippen LogP contribution in [-0.2, 0) is 9.59 Å². The number of carbonyl (C=O) groups is 4. The molecular weight excluding hydrogens is 566 g/mol. The Bertz CT molecular complexity index is 1500. The molecule has 0 bridgehead atoms. The number of nitro groups is 1. The second-order valence-electron chi connectivity index (χ2n) is 12.1. The molecule has 2 aromatic carbocycles. The topological polar surface area (TPSA) is 162 Å². The third kappa shape index (κ3) is 5.83. The van der Waals surface area contributed by atoms with Crippen molar-refractivity contribution in [2.24, 2.45) is 5.92 Å². The number of hydrogen-bond acceptors (Lipinski definition) is 10. The van der Waals surface area contributed by atoms with Crippen molar-refractivity contribution in [3.8, 4) is 0 Å². The first-order chi connectivity index (χ1) is 21.2. The van der Waals surface area contributed by atoms with E-state index in [1.165, 1.54) is 6.07 Å². The predicted molar refractivity (Wildman–Crippen MR) is 163 cm³/mol. The molecule has 13 heteroatoms. The highest BCUT2D eigenvalue weighted by molar-refractivity contribution is 6.23. The van der Waals surface area contributed by atoms with Crippen molar-refractivity contribution in [2.45, 2.75) is 44.6 Å². The SMILES string of the molecule is Nc1cc(N2CCN(CCCC3CCN(c4ccc5c(c4)C(=O)N(C4CCC(=O)NC4=O)C5=O)CC3)CC2)ccc1[N+](=O)[O-]. The zero-order valence-corrected chi connectivity index (χ0v) is 24.6. The van der Waals surface area contributed by atoms with E-state index >= 15 is 0 Å². The Morgan fingerprint density at radius 3 is 2.18 bits per heavy atom. The summed E-state index contributed by atoms with van der Waals surface area (Å²) < 4.78 is 0. The minimum absolute atomic E-state index is 0.0598. The van der Waals surface area contributed by atoms with Crippen LogP contribution in [0.25, 0.3) is 0 Å². The Morgan fingerprint density at radius 2 is 1.50 bits per heavy atom. The molecule has 232 valence electrons. The molecule has 0 aliphatic carbocycles. The molecule has 4 aliphatic rings. The summed E-state index contributed by atoms with van der Waals surface area (Å²) in [5.74, 6) is -1.32. The van der Waals surface area contributed by atoms with Gasteiger partial charge in [0.1, 0.15) is 11.7 Å². The van der Waals surface area contributed by atoms with Crippen LogP contribution in [-0.4, -0.2) is 90.2 Å². The van der Waals surface area contributed by atoms with Crippen LogP contribution in [0.1, 0.15) is 59.2 Å². The Morgan fingerprint density at radius 1 is 0.841 bits per heavy atom. The number of piperazine rings is 1. The number of fused-ring (bicyclic) bond motifs is 1. The van der Waals surface area contributed by atoms with Crippen molar-refractivity contribution in [3.05, 3.63) is 57.6 Å². The van der Waals surface area contributed by atoms with Crippen LogP contribution in [0.15, 0.2) is 36.4 Å². The van der Waals surface area contributed by atoms with Gasteiger partial charge in [-0.05, 0) is 74.9 Å². The molecule has 0 spiro atoms. The number of imide groups is 2. The molecule has 3 fully saturated rings. The minimum atomic E-state index is -0.961. The van der Waals surface area contributed by atoms with E-state index < -0.39 is 28.7 Å². The van der Waals surface area contributed by atoms with Crippen LogP contribution in [0.5, 0.6) is 0 Å². The highest BCUT2D eigenvalue weighted by atomic mass is 16.6. The number of nitrogens with one attached hydrogen (secondary N) is 1. The number of benzene rings is 2. The minimum Gasteiger partial charge on any atom is -0.393 e. The van der Waals surface area contributed by atoms with E-state index in [4.69, 9.17) is 5.73 Å². The molecule has 1 atom stereocenters. The van der Waals surface area contributed by atoms with Crippen molar-refractivity contribution in [2.75, 3.05) is 61.3 Å². The van der Waals surface area contributed by atoms with Crippen molar-refractivity contribution in [1.82, 2.24) is 15.1 Å². The quantitative estimate of drug-likeness (QED) is 0.198. The number of anilines is 3. The maximum atomic E-state index is 13.2. The van der Waals surface area contributed by atoms with Crippen molar-refractivity contribution >= 4 is 46.4 Å². The van der Waals surface area contributed by atoms with Gasteiger partial charge in [-0.15, -0.1) is 0 Å². The maximum absolute atomic E-state index is 13.2. The van der Waals surface area contributed by atoms with E-state index in [1.807, 2.05) is 6.07 Å². The monoisotopic (exact) mass is 603 g/mol. The van der Waals surface area contributed by atoms with Gasteiger partial charge in [-0.3, -0.25) is 44.4 Å². The van der Waals surface area contributed by atoms with Crippen molar-refractivity contribution < 1.29 is 24.1 Å². The number of nitrogens with zero attached hydrogens (tertiary/aromatic N) is 5. The Hall–Kier alpha value is -4.52. The van der Waals surface area contributed by atoms with Crippen LogP contribution < -0.4 is 20.9 Å². The molecule has 2 aromatic rings. The summed E-state index contributed by atoms with van der Waals surface area (Å²) in [7, 11) is 0. The molecule has 4 amide bonds. The fourth-order valence-electron chi connectivity index (χ4n) is 6.87. The number of piperidine rings is 2. The molecule has 4 heterocycles. The molecular formula is C31H37N7O6. The second kappa shape index (κ2) is 12.2. The van der Waals surface area contributed by atoms with Crippen LogP contribution in [0, 0.1) is 16.0 Å². The van der Waals surface area contributed by atoms with E-state index in [1.54, 1.807) is 24.3 Å². The molecule has 6 rings (SSSR count). The molecule has 13 nitrogen and oxygen atoms in total. The van der Waals surface area contributed by atoms with E-state index in [0.29, 0.717) is 17.0 Å². The van der Waals surface area contributed by atoms with Gasteiger partial charge in [0.15, 0.2) is 0 Å². The van der Waals surface area contributed by atoms with E-state index in [9.17, 15) is 29.3 Å². The van der Waals surface area contributed by atoms with Gasteiger partial charge in [0.25, 0.3) is 17.5 Å². The lowest BCUT2D eigenvalue weighted by atomic mass is 9.91. The molecule has 0 saturated carbocycles. The average molecular weight is 604 g/mol. The van der Waals surface area contributed by atoms with Gasteiger partial charge in [0.2, 0.25) is 11.8 Å². The molecule has 44 heavy (non-hydrogen) atoms.